The summed E-state index contributed by atoms with van der Waals surface area (Å²) in [6.07, 6.45) is 4.19. The van der Waals surface area contributed by atoms with Crippen LogP contribution in [0.4, 0.5) is 16.2 Å². The maximum Gasteiger partial charge on any atom is 0.414 e. The van der Waals surface area contributed by atoms with Gasteiger partial charge in [0.1, 0.15) is 5.60 Å². The van der Waals surface area contributed by atoms with Crippen LogP contribution in [0.5, 0.6) is 0 Å². The highest BCUT2D eigenvalue weighted by Crippen LogP contribution is 2.34. The monoisotopic (exact) mass is 330 g/mol. The zero-order valence-electron chi connectivity index (χ0n) is 14.8. The van der Waals surface area contributed by atoms with Gasteiger partial charge in [-0.15, -0.1) is 0 Å². The molecule has 5 heteroatoms. The van der Waals surface area contributed by atoms with Crippen LogP contribution in [0.3, 0.4) is 0 Å². The molecule has 0 aromatic heterocycles. The predicted molar refractivity (Wildman–Crippen MR) is 94.5 cm³/mol. The zero-order valence-corrected chi connectivity index (χ0v) is 14.8. The van der Waals surface area contributed by atoms with E-state index < -0.39 is 5.60 Å². The van der Waals surface area contributed by atoms with E-state index in [9.17, 15) is 9.59 Å². The first kappa shape index (κ1) is 16.8. The summed E-state index contributed by atoms with van der Waals surface area (Å²) in [6.45, 7) is 6.99. The summed E-state index contributed by atoms with van der Waals surface area (Å²) in [5.41, 5.74) is 2.37. The lowest BCUT2D eigenvalue weighted by Crippen LogP contribution is -2.36. The minimum Gasteiger partial charge on any atom is -0.443 e. The first-order chi connectivity index (χ1) is 11.3. The molecule has 24 heavy (non-hydrogen) atoms. The Hall–Kier alpha value is -2.04. The molecular formula is C19H26N2O3. The second-order valence-electron chi connectivity index (χ2n) is 7.55. The minimum atomic E-state index is -0.516. The van der Waals surface area contributed by atoms with Crippen LogP contribution in [0.15, 0.2) is 18.2 Å². The normalized spacial score (nSPS) is 18.4. The Morgan fingerprint density at radius 1 is 1.08 bits per heavy atom. The van der Waals surface area contributed by atoms with Crippen molar-refractivity contribution in [2.75, 3.05) is 22.9 Å². The smallest absolute Gasteiger partial charge is 0.414 e. The van der Waals surface area contributed by atoms with Crippen LogP contribution in [-0.2, 0) is 16.0 Å². The summed E-state index contributed by atoms with van der Waals surface area (Å²) >= 11 is 0. The molecule has 1 fully saturated rings. The number of benzene rings is 1. The molecule has 0 spiro atoms. The fourth-order valence-electron chi connectivity index (χ4n) is 3.30. The number of carbonyl (C=O) groups is 2. The van der Waals surface area contributed by atoms with Gasteiger partial charge in [-0.3, -0.25) is 9.69 Å². The summed E-state index contributed by atoms with van der Waals surface area (Å²) in [5.74, 6) is 0.175. The van der Waals surface area contributed by atoms with Gasteiger partial charge in [-0.1, -0.05) is 12.5 Å². The largest absolute Gasteiger partial charge is 0.443 e. The van der Waals surface area contributed by atoms with Crippen LogP contribution in [0.25, 0.3) is 0 Å². The number of rotatable bonds is 1. The lowest BCUT2D eigenvalue weighted by atomic mass is 10.1. The molecule has 2 aliphatic rings. The van der Waals surface area contributed by atoms with E-state index in [-0.39, 0.29) is 12.0 Å². The van der Waals surface area contributed by atoms with Crippen LogP contribution in [-0.4, -0.2) is 30.7 Å². The molecule has 0 aliphatic carbocycles. The Kier molecular flexibility index (Phi) is 4.52. The van der Waals surface area contributed by atoms with Crippen LogP contribution >= 0.6 is 0 Å². The van der Waals surface area contributed by atoms with Gasteiger partial charge < -0.3 is 9.64 Å². The second kappa shape index (κ2) is 6.46. The standard InChI is InChI=1S/C19H26N2O3/c1-19(2,3)24-18(23)21-12-10-14-8-9-15(13-16(14)21)20-11-6-4-5-7-17(20)22/h8-9,13H,4-7,10-12H2,1-3H3. The first-order valence-corrected chi connectivity index (χ1v) is 8.79. The third-order valence-electron chi connectivity index (χ3n) is 4.46. The summed E-state index contributed by atoms with van der Waals surface area (Å²) in [4.78, 5) is 28.3. The molecule has 2 aliphatic heterocycles. The molecule has 1 saturated heterocycles. The van der Waals surface area contributed by atoms with Gasteiger partial charge in [-0.05, 0) is 57.7 Å². The van der Waals surface area contributed by atoms with E-state index in [0.29, 0.717) is 13.0 Å². The molecule has 0 N–H and O–H groups in total. The number of carbonyl (C=O) groups excluding carboxylic acids is 2. The van der Waals surface area contributed by atoms with Crippen molar-refractivity contribution in [3.05, 3.63) is 23.8 Å². The van der Waals surface area contributed by atoms with Crippen molar-refractivity contribution in [2.24, 2.45) is 0 Å². The molecule has 1 aromatic carbocycles. The van der Waals surface area contributed by atoms with Crippen LogP contribution < -0.4 is 9.80 Å². The van der Waals surface area contributed by atoms with Crippen molar-refractivity contribution in [1.29, 1.82) is 0 Å². The van der Waals surface area contributed by atoms with Crippen molar-refractivity contribution >= 4 is 23.4 Å². The van der Waals surface area contributed by atoms with Gasteiger partial charge in [0.25, 0.3) is 0 Å². The average Bonchev–Trinajstić information content (AvgIpc) is 2.80. The average molecular weight is 330 g/mol. The number of hydrogen-bond acceptors (Lipinski definition) is 3. The molecule has 0 unspecified atom stereocenters. The lowest BCUT2D eigenvalue weighted by molar-refractivity contribution is -0.118. The Morgan fingerprint density at radius 3 is 2.62 bits per heavy atom. The third kappa shape index (κ3) is 3.55. The lowest BCUT2D eigenvalue weighted by Gasteiger charge is -2.26. The van der Waals surface area contributed by atoms with Crippen molar-refractivity contribution < 1.29 is 14.3 Å². The van der Waals surface area contributed by atoms with E-state index in [1.54, 1.807) is 4.90 Å². The SMILES string of the molecule is CC(C)(C)OC(=O)N1CCc2ccc(N3CCCCCC3=O)cc21. The van der Waals surface area contributed by atoms with Crippen molar-refractivity contribution in [3.63, 3.8) is 0 Å². The highest BCUT2D eigenvalue weighted by atomic mass is 16.6. The molecule has 0 atom stereocenters. The van der Waals surface area contributed by atoms with Crippen LogP contribution in [0.1, 0.15) is 52.0 Å². The van der Waals surface area contributed by atoms with Gasteiger partial charge in [-0.2, -0.15) is 0 Å². The van der Waals surface area contributed by atoms with Crippen molar-refractivity contribution in [1.82, 2.24) is 0 Å². The van der Waals surface area contributed by atoms with E-state index in [1.807, 2.05) is 43.9 Å². The maximum absolute atomic E-state index is 12.5. The van der Waals surface area contributed by atoms with E-state index in [0.717, 1.165) is 49.2 Å². The second-order valence-corrected chi connectivity index (χ2v) is 7.55. The van der Waals surface area contributed by atoms with Crippen molar-refractivity contribution in [3.8, 4) is 0 Å². The fourth-order valence-corrected chi connectivity index (χ4v) is 3.30. The van der Waals surface area contributed by atoms with Gasteiger partial charge >= 0.3 is 6.09 Å². The molecule has 3 rings (SSSR count). The Morgan fingerprint density at radius 2 is 1.88 bits per heavy atom. The number of fused-ring (bicyclic) bond motifs is 1. The summed E-state index contributed by atoms with van der Waals surface area (Å²) in [7, 11) is 0. The predicted octanol–water partition coefficient (Wildman–Crippen LogP) is 3.89. The Balaban J connectivity index is 1.85. The molecule has 0 saturated carbocycles. The van der Waals surface area contributed by atoms with E-state index in [1.165, 1.54) is 0 Å². The molecule has 130 valence electrons. The third-order valence-corrected chi connectivity index (χ3v) is 4.46. The molecular weight excluding hydrogens is 304 g/mol. The number of hydrogen-bond donors (Lipinski definition) is 0. The van der Waals surface area contributed by atoms with Gasteiger partial charge in [0.2, 0.25) is 5.91 Å². The summed E-state index contributed by atoms with van der Waals surface area (Å²) < 4.78 is 5.51. The Bertz CT molecular complexity index is 649. The van der Waals surface area contributed by atoms with E-state index in [2.05, 4.69) is 0 Å². The molecule has 0 radical (unpaired) electrons. The van der Waals surface area contributed by atoms with Gasteiger partial charge in [-0.25, -0.2) is 4.79 Å². The minimum absolute atomic E-state index is 0.175. The molecule has 1 aromatic rings. The molecule has 0 bridgehead atoms. The first-order valence-electron chi connectivity index (χ1n) is 8.79. The zero-order chi connectivity index (χ0) is 17.3. The number of anilines is 2. The van der Waals surface area contributed by atoms with Gasteiger partial charge in [0.05, 0.1) is 5.69 Å². The van der Waals surface area contributed by atoms with Crippen molar-refractivity contribution in [2.45, 2.75) is 58.5 Å². The Labute approximate surface area is 143 Å². The molecule has 2 amide bonds. The van der Waals surface area contributed by atoms with E-state index >= 15 is 0 Å². The fraction of sp³-hybridized carbons (Fsp3) is 0.579. The number of nitrogens with zero attached hydrogens (tertiary/aromatic N) is 2. The quantitative estimate of drug-likeness (QED) is 0.785. The molecule has 2 heterocycles. The molecule has 5 nitrogen and oxygen atoms in total. The highest BCUT2D eigenvalue weighted by Gasteiger charge is 2.30. The van der Waals surface area contributed by atoms with Gasteiger partial charge in [0, 0.05) is 25.2 Å². The highest BCUT2D eigenvalue weighted by molar-refractivity contribution is 5.96. The number of ether oxygens (including phenoxy) is 1. The summed E-state index contributed by atoms with van der Waals surface area (Å²) in [6, 6.07) is 6.00. The maximum atomic E-state index is 12.5. The number of amides is 2. The topological polar surface area (TPSA) is 49.9 Å². The summed E-state index contributed by atoms with van der Waals surface area (Å²) in [5, 5.41) is 0. The van der Waals surface area contributed by atoms with Crippen LogP contribution in [0.2, 0.25) is 0 Å². The van der Waals surface area contributed by atoms with E-state index in [4.69, 9.17) is 4.74 Å². The van der Waals surface area contributed by atoms with Gasteiger partial charge in [0.15, 0.2) is 0 Å². The van der Waals surface area contributed by atoms with Crippen LogP contribution in [0, 0.1) is 0 Å².